The number of carbonyl (C=O) groups excluding carboxylic acids is 1. The molecule has 0 saturated heterocycles. The van der Waals surface area contributed by atoms with Crippen LogP contribution in [0.1, 0.15) is 30.7 Å². The van der Waals surface area contributed by atoms with E-state index in [0.29, 0.717) is 52.8 Å². The molecule has 2 aromatic rings. The summed E-state index contributed by atoms with van der Waals surface area (Å²) in [7, 11) is 3.12. The number of rotatable bonds is 7. The van der Waals surface area contributed by atoms with Crippen LogP contribution in [-0.2, 0) is 4.79 Å². The lowest BCUT2D eigenvalue weighted by molar-refractivity contribution is -0.116. The van der Waals surface area contributed by atoms with E-state index in [1.54, 1.807) is 43.4 Å². The summed E-state index contributed by atoms with van der Waals surface area (Å²) in [6.07, 6.45) is 3.53. The molecule has 2 heterocycles. The van der Waals surface area contributed by atoms with E-state index in [-0.39, 0.29) is 17.2 Å². The van der Waals surface area contributed by atoms with Crippen molar-refractivity contribution in [1.82, 2.24) is 10.2 Å². The molecule has 0 bridgehead atoms. The zero-order valence-electron chi connectivity index (χ0n) is 18.3. The third-order valence-corrected chi connectivity index (χ3v) is 7.61. The lowest BCUT2D eigenvalue weighted by atomic mass is 9.75. The van der Waals surface area contributed by atoms with E-state index >= 15 is 0 Å². The number of hydrogen-bond donors (Lipinski definition) is 1. The van der Waals surface area contributed by atoms with Crippen LogP contribution in [0.4, 0.5) is 5.13 Å². The third-order valence-electron chi connectivity index (χ3n) is 5.57. The molecule has 33 heavy (non-hydrogen) atoms. The molecule has 2 N–H and O–H groups in total. The molecule has 1 aliphatic carbocycles. The number of thioether (sulfide) groups is 1. The van der Waals surface area contributed by atoms with Crippen LogP contribution >= 0.6 is 23.1 Å². The number of hydrogen-bond acceptors (Lipinski definition) is 10. The Labute approximate surface area is 200 Å². The number of nitrogens with two attached hydrogens (primary N) is 1. The summed E-state index contributed by atoms with van der Waals surface area (Å²) in [5.41, 5.74) is 8.84. The molecular weight excluding hydrogens is 458 g/mol. The molecule has 0 saturated carbocycles. The van der Waals surface area contributed by atoms with Gasteiger partial charge in [-0.1, -0.05) is 29.2 Å². The highest BCUT2D eigenvalue weighted by atomic mass is 32.2. The number of ether oxygens (including phenoxy) is 2. The normalized spacial score (nSPS) is 18.2. The maximum absolute atomic E-state index is 13.3. The van der Waals surface area contributed by atoms with Gasteiger partial charge in [-0.2, -0.15) is 5.26 Å². The van der Waals surface area contributed by atoms with Crippen LogP contribution in [0.15, 0.2) is 57.9 Å². The van der Waals surface area contributed by atoms with Crippen LogP contribution in [0, 0.1) is 11.3 Å². The van der Waals surface area contributed by atoms with E-state index < -0.39 is 5.92 Å². The molecule has 0 spiro atoms. The first kappa shape index (κ1) is 22.9. The Balaban J connectivity index is 1.92. The summed E-state index contributed by atoms with van der Waals surface area (Å²) in [6.45, 7) is 3.73. The standard InChI is InChI=1S/C23H23N5O3S2/c1-4-10-32-23-27-26-22(33-23)28-16-6-5-7-17(29)20(16)19(15(12-24)21(28)25)14-11-13(30-2)8-9-18(14)31-3/h4,8-9,11,19H,1,5-7,10,25H2,2-3H3. The number of Topliss-reactive ketones (excluding diaryl/α,β-unsaturated/α-hetero) is 1. The van der Waals surface area contributed by atoms with E-state index in [0.717, 1.165) is 10.0 Å². The highest BCUT2D eigenvalue weighted by Crippen LogP contribution is 2.49. The van der Waals surface area contributed by atoms with Crippen LogP contribution in [-0.4, -0.2) is 36.0 Å². The number of nitrogens with zero attached hydrogens (tertiary/aromatic N) is 4. The Morgan fingerprint density at radius 2 is 2.18 bits per heavy atom. The number of aromatic nitrogens is 2. The van der Waals surface area contributed by atoms with Gasteiger partial charge in [-0.05, 0) is 31.0 Å². The number of nitriles is 1. The van der Waals surface area contributed by atoms with Crippen molar-refractivity contribution in [3.63, 3.8) is 0 Å². The highest BCUT2D eigenvalue weighted by Gasteiger charge is 2.42. The third kappa shape index (κ3) is 4.10. The molecule has 2 aliphatic rings. The molecule has 0 amide bonds. The molecule has 1 aliphatic heterocycles. The van der Waals surface area contributed by atoms with Gasteiger partial charge in [0.2, 0.25) is 5.13 Å². The van der Waals surface area contributed by atoms with Crippen LogP contribution in [0.3, 0.4) is 0 Å². The minimum Gasteiger partial charge on any atom is -0.497 e. The van der Waals surface area contributed by atoms with Crippen molar-refractivity contribution < 1.29 is 14.3 Å². The molecule has 4 rings (SSSR count). The molecule has 170 valence electrons. The largest absolute Gasteiger partial charge is 0.497 e. The average Bonchev–Trinajstić information content (AvgIpc) is 3.30. The monoisotopic (exact) mass is 481 g/mol. The average molecular weight is 482 g/mol. The van der Waals surface area contributed by atoms with Gasteiger partial charge in [0, 0.05) is 29.0 Å². The summed E-state index contributed by atoms with van der Waals surface area (Å²) in [4.78, 5) is 15.0. The number of anilines is 1. The Morgan fingerprint density at radius 3 is 2.88 bits per heavy atom. The molecule has 1 atom stereocenters. The van der Waals surface area contributed by atoms with Crippen molar-refractivity contribution in [3.8, 4) is 17.6 Å². The van der Waals surface area contributed by atoms with Crippen molar-refractivity contribution >= 4 is 34.0 Å². The maximum atomic E-state index is 13.3. The molecule has 1 unspecified atom stereocenters. The Morgan fingerprint density at radius 1 is 1.36 bits per heavy atom. The zero-order chi connectivity index (χ0) is 23.5. The zero-order valence-corrected chi connectivity index (χ0v) is 20.0. The lowest BCUT2D eigenvalue weighted by Gasteiger charge is -2.38. The number of allylic oxidation sites excluding steroid dienone is 3. The fourth-order valence-electron chi connectivity index (χ4n) is 4.16. The molecule has 0 fully saturated rings. The number of methoxy groups -OCH3 is 2. The van der Waals surface area contributed by atoms with Gasteiger partial charge in [0.05, 0.1) is 31.8 Å². The predicted octanol–water partition coefficient (Wildman–Crippen LogP) is 4.14. The number of carbonyl (C=O) groups is 1. The van der Waals surface area contributed by atoms with Gasteiger partial charge >= 0.3 is 0 Å². The topological polar surface area (TPSA) is 114 Å². The van der Waals surface area contributed by atoms with Gasteiger partial charge < -0.3 is 15.2 Å². The first-order valence-corrected chi connectivity index (χ1v) is 12.1. The SMILES string of the molecule is C=CCSc1nnc(N2C(N)=C(C#N)C(c3cc(OC)ccc3OC)C3=C2CCCC3=O)s1. The Kier molecular flexibility index (Phi) is 6.72. The minimum absolute atomic E-state index is 0.0119. The van der Waals surface area contributed by atoms with Crippen molar-refractivity contribution in [2.24, 2.45) is 5.73 Å². The van der Waals surface area contributed by atoms with E-state index in [2.05, 4.69) is 22.8 Å². The minimum atomic E-state index is -0.651. The van der Waals surface area contributed by atoms with Crippen LogP contribution in [0.25, 0.3) is 0 Å². The molecule has 0 radical (unpaired) electrons. The summed E-state index contributed by atoms with van der Waals surface area (Å²) in [5, 5.41) is 19.3. The smallest absolute Gasteiger partial charge is 0.219 e. The van der Waals surface area contributed by atoms with Gasteiger partial charge in [0.1, 0.15) is 17.3 Å². The van der Waals surface area contributed by atoms with Crippen molar-refractivity contribution in [1.29, 1.82) is 5.26 Å². The van der Waals surface area contributed by atoms with E-state index in [1.165, 1.54) is 23.1 Å². The first-order chi connectivity index (χ1) is 16.0. The number of benzene rings is 1. The van der Waals surface area contributed by atoms with Gasteiger partial charge in [-0.3, -0.25) is 9.69 Å². The van der Waals surface area contributed by atoms with Gasteiger partial charge in [-0.25, -0.2) is 0 Å². The second-order valence-corrected chi connectivity index (χ2v) is 9.60. The van der Waals surface area contributed by atoms with Gasteiger partial charge in [0.15, 0.2) is 10.1 Å². The first-order valence-electron chi connectivity index (χ1n) is 10.3. The lowest BCUT2D eigenvalue weighted by Crippen LogP contribution is -2.38. The second kappa shape index (κ2) is 9.68. The quantitative estimate of drug-likeness (QED) is 0.460. The molecule has 1 aromatic heterocycles. The Bertz CT molecular complexity index is 1210. The van der Waals surface area contributed by atoms with Crippen LogP contribution < -0.4 is 20.1 Å². The van der Waals surface area contributed by atoms with Gasteiger partial charge in [-0.15, -0.1) is 16.8 Å². The summed E-state index contributed by atoms with van der Waals surface area (Å²) in [6, 6.07) is 7.60. The van der Waals surface area contributed by atoms with Gasteiger partial charge in [0.25, 0.3) is 0 Å². The van der Waals surface area contributed by atoms with Crippen molar-refractivity contribution in [2.45, 2.75) is 29.5 Å². The fraction of sp³-hybridized carbons (Fsp3) is 0.304. The second-order valence-electron chi connectivity index (χ2n) is 7.37. The van der Waals surface area contributed by atoms with E-state index in [9.17, 15) is 10.1 Å². The Hall–Kier alpha value is -3.29. The predicted molar refractivity (Wildman–Crippen MR) is 128 cm³/mol. The van der Waals surface area contributed by atoms with Crippen molar-refractivity contribution in [2.75, 3.05) is 24.9 Å². The van der Waals surface area contributed by atoms with E-state index in [4.69, 9.17) is 15.2 Å². The fourth-order valence-corrected chi connectivity index (χ4v) is 5.80. The number of ketones is 1. The maximum Gasteiger partial charge on any atom is 0.219 e. The highest BCUT2D eigenvalue weighted by molar-refractivity contribution is 8.01. The van der Waals surface area contributed by atoms with Crippen LogP contribution in [0.5, 0.6) is 11.5 Å². The molecule has 1 aromatic carbocycles. The molecular formula is C23H23N5O3S2. The summed E-state index contributed by atoms with van der Waals surface area (Å²) < 4.78 is 11.8. The molecule has 8 nitrogen and oxygen atoms in total. The molecule has 10 heteroatoms. The van der Waals surface area contributed by atoms with Crippen LogP contribution in [0.2, 0.25) is 0 Å². The van der Waals surface area contributed by atoms with Crippen molar-refractivity contribution in [3.05, 3.63) is 59.1 Å². The summed E-state index contributed by atoms with van der Waals surface area (Å²) in [5.74, 6) is 1.44. The van der Waals surface area contributed by atoms with E-state index in [1.807, 2.05) is 0 Å². The summed E-state index contributed by atoms with van der Waals surface area (Å²) >= 11 is 2.88.